The number of hydrogen-bond donors (Lipinski definition) is 9. The van der Waals surface area contributed by atoms with E-state index in [0.29, 0.717) is 19.6 Å². The van der Waals surface area contributed by atoms with Crippen molar-refractivity contribution in [1.29, 1.82) is 0 Å². The summed E-state index contributed by atoms with van der Waals surface area (Å²) in [5, 5.41) is 28.5. The maximum absolute atomic E-state index is 13.6. The first kappa shape index (κ1) is 85.1. The number of aryl methyl sites for hydroxylation is 2. The van der Waals surface area contributed by atoms with Crippen LogP contribution in [0, 0.1) is 25.6 Å². The van der Waals surface area contributed by atoms with Crippen LogP contribution in [0.25, 0.3) is 0 Å². The number of piperazine rings is 6. The zero-order valence-corrected chi connectivity index (χ0v) is 56.8. The van der Waals surface area contributed by atoms with Gasteiger partial charge in [-0.05, 0) is 108 Å². The van der Waals surface area contributed by atoms with Crippen LogP contribution in [-0.2, 0) is 24.4 Å². The van der Waals surface area contributed by atoms with Crippen molar-refractivity contribution >= 4 is 39.0 Å². The third kappa shape index (κ3) is 36.5. The number of benzene rings is 2. The minimum atomic E-state index is -2.93. The summed E-state index contributed by atoms with van der Waals surface area (Å²) in [7, 11) is 2.33. The second kappa shape index (κ2) is 49.6. The van der Waals surface area contributed by atoms with Crippen molar-refractivity contribution in [3.63, 3.8) is 0 Å². The van der Waals surface area contributed by atoms with Gasteiger partial charge in [-0.15, -0.1) is 0 Å². The van der Waals surface area contributed by atoms with E-state index in [0.717, 1.165) is 154 Å². The van der Waals surface area contributed by atoms with Crippen LogP contribution in [0.1, 0.15) is 112 Å². The molecule has 0 radical (unpaired) electrons. The molecule has 0 spiro atoms. The van der Waals surface area contributed by atoms with Gasteiger partial charge in [0.2, 0.25) is 21.8 Å². The summed E-state index contributed by atoms with van der Waals surface area (Å²) in [4.78, 5) is 46.2. The van der Waals surface area contributed by atoms with Gasteiger partial charge < -0.3 is 67.5 Å². The van der Waals surface area contributed by atoms with E-state index in [-0.39, 0.29) is 57.8 Å². The lowest BCUT2D eigenvalue weighted by Crippen LogP contribution is -2.48. The highest BCUT2D eigenvalue weighted by Gasteiger charge is 2.24. The van der Waals surface area contributed by atoms with Crippen LogP contribution >= 0.6 is 0 Å². The summed E-state index contributed by atoms with van der Waals surface area (Å²) >= 11 is 0. The number of ketones is 1. The number of nitrogens with zero attached hydrogens (tertiary/aromatic N) is 7. The molecule has 8 aliphatic heterocycles. The summed E-state index contributed by atoms with van der Waals surface area (Å²) in [5.41, 5.74) is 4.39. The quantitative estimate of drug-likeness (QED) is 0.162. The van der Waals surface area contributed by atoms with Crippen molar-refractivity contribution in [2.75, 3.05) is 220 Å². The van der Waals surface area contributed by atoms with Gasteiger partial charge in [-0.25, -0.2) is 12.8 Å². The molecule has 9 N–H and O–H groups in total. The van der Waals surface area contributed by atoms with E-state index in [1.165, 1.54) is 113 Å². The molecule has 2 amide bonds. The van der Waals surface area contributed by atoms with Gasteiger partial charge in [0.25, 0.3) is 0 Å². The molecule has 528 valence electrons. The predicted molar refractivity (Wildman–Crippen MR) is 382 cm³/mol. The van der Waals surface area contributed by atoms with Crippen molar-refractivity contribution in [3.8, 4) is 0 Å². The molecule has 9 fully saturated rings. The minimum Gasteiger partial charge on any atom is -0.369 e. The molecule has 0 bridgehead atoms. The normalized spacial score (nSPS) is 21.5. The zero-order chi connectivity index (χ0) is 63.9. The highest BCUT2D eigenvalue weighted by atomic mass is 32.2. The number of anilines is 2. The van der Waals surface area contributed by atoms with E-state index in [9.17, 15) is 27.2 Å². The Morgan fingerprint density at radius 3 is 1.42 bits per heavy atom. The lowest BCUT2D eigenvalue weighted by molar-refractivity contribution is -0.130. The van der Waals surface area contributed by atoms with Gasteiger partial charge in [-0.1, -0.05) is 79.2 Å². The van der Waals surface area contributed by atoms with Gasteiger partial charge in [0, 0.05) is 196 Å². The molecule has 2 unspecified atom stereocenters. The molecular formula is C68H133FN16O5S. The van der Waals surface area contributed by atoms with Crippen LogP contribution in [0.4, 0.5) is 15.8 Å². The van der Waals surface area contributed by atoms with E-state index in [2.05, 4.69) is 117 Å². The topological polar surface area (TPSA) is 216 Å². The van der Waals surface area contributed by atoms with Crippen LogP contribution < -0.4 is 57.7 Å². The SMILES string of the molecule is C.C.C.C1CCC(N2CCNCC2)CC1.CC(=O)C1CCCN1.CC(C)CN1CCNCC1.CN(C)C(=O)C1CCCN1.CNC(=O)CN1CCNCC1.CS(=O)(=O)N1CCNCC1.Cc1ccc(N2CCNCC2)c(F)c1.Cc1ccc(N2CCNCC2)cc1. The molecule has 8 heterocycles. The molecule has 23 heteroatoms. The first-order chi connectivity index (χ1) is 42.3. The number of rotatable bonds is 10. The number of amides is 2. The molecule has 21 nitrogen and oxygen atoms in total. The third-order valence-corrected chi connectivity index (χ3v) is 18.2. The number of sulfonamides is 1. The van der Waals surface area contributed by atoms with Crippen molar-refractivity contribution in [2.45, 2.75) is 133 Å². The molecule has 2 aromatic carbocycles. The summed E-state index contributed by atoms with van der Waals surface area (Å²) in [6, 6.07) is 15.4. The Bertz CT molecular complexity index is 2260. The van der Waals surface area contributed by atoms with Gasteiger partial charge >= 0.3 is 0 Å². The molecule has 2 atom stereocenters. The van der Waals surface area contributed by atoms with Crippen molar-refractivity contribution in [1.82, 2.24) is 71.8 Å². The molecule has 11 rings (SSSR count). The lowest BCUT2D eigenvalue weighted by atomic mass is 9.94. The lowest BCUT2D eigenvalue weighted by Gasteiger charge is -2.36. The molecule has 8 saturated heterocycles. The van der Waals surface area contributed by atoms with Crippen LogP contribution in [0.15, 0.2) is 42.5 Å². The van der Waals surface area contributed by atoms with E-state index in [1.54, 1.807) is 39.0 Å². The highest BCUT2D eigenvalue weighted by Crippen LogP contribution is 2.23. The summed E-state index contributed by atoms with van der Waals surface area (Å²) in [5.74, 6) is 1.30. The van der Waals surface area contributed by atoms with Gasteiger partial charge in [-0.2, -0.15) is 4.31 Å². The molecule has 1 saturated carbocycles. The number of carbonyl (C=O) groups is 3. The van der Waals surface area contributed by atoms with Crippen LogP contribution in [-0.4, -0.2) is 279 Å². The molecule has 9 aliphatic rings. The number of carbonyl (C=O) groups excluding carboxylic acids is 3. The van der Waals surface area contributed by atoms with Crippen LogP contribution in [0.2, 0.25) is 0 Å². The Labute approximate surface area is 554 Å². The molecule has 0 aromatic heterocycles. The van der Waals surface area contributed by atoms with E-state index >= 15 is 0 Å². The van der Waals surface area contributed by atoms with Crippen LogP contribution in [0.5, 0.6) is 0 Å². The highest BCUT2D eigenvalue weighted by molar-refractivity contribution is 7.88. The maximum Gasteiger partial charge on any atom is 0.239 e. The Morgan fingerprint density at radius 1 is 0.571 bits per heavy atom. The molecule has 91 heavy (non-hydrogen) atoms. The Balaban J connectivity index is 0.000000520. The molecule has 1 aliphatic carbocycles. The average molecular weight is 1310 g/mol. The fraction of sp³-hybridized carbons (Fsp3) is 0.779. The number of Topliss-reactive ketones (excluding diaryl/α,β-unsaturated/α-hetero) is 1. The monoisotopic (exact) mass is 1310 g/mol. The predicted octanol–water partition coefficient (Wildman–Crippen LogP) is 4.27. The van der Waals surface area contributed by atoms with Crippen molar-refractivity contribution in [3.05, 3.63) is 59.4 Å². The number of likely N-dealkylation sites (N-methyl/N-ethyl adjacent to an activating group) is 2. The second-order valence-electron chi connectivity index (χ2n) is 25.0. The maximum atomic E-state index is 13.6. The third-order valence-electron chi connectivity index (χ3n) is 16.9. The fourth-order valence-electron chi connectivity index (χ4n) is 11.7. The smallest absolute Gasteiger partial charge is 0.239 e. The number of hydrogen-bond acceptors (Lipinski definition) is 18. The fourth-order valence-corrected chi connectivity index (χ4v) is 12.6. The van der Waals surface area contributed by atoms with Crippen LogP contribution in [0.3, 0.4) is 0 Å². The standard InChI is InChI=1S/C11H15FN2.C11H16N2.C10H20N2.C8H18N2.C7H15N3O.C7H14N2O.C6H11NO.C5H12N2O2S.3CH4/c1-9-2-3-11(10(12)8-9)14-6-4-13-5-7-14;1-10-2-4-11(5-3-10)13-8-6-12-7-9-13;1-2-4-10(5-3-1)12-8-6-11-7-9-12;1-8(2)7-10-5-3-9-4-6-10;1-8-7(11)6-10-4-2-9-3-5-10;1-9(2)7(10)6-4-3-5-8-6;1-5(8)6-3-2-4-7-6;1-10(8,9)7-4-2-6-3-5-7;;;/h2-3,8,13H,4-7H2,1H3;2-5,12H,6-9H2,1H3;10-11H,1-9H2;8-9H,3-7H2,1-2H3;9H,2-6H2,1H3,(H,8,11);6,8H,3-5H2,1-2H3;6-7H,2-4H2,1H3;6H,2-5H2,1H3;3*1H4. The Morgan fingerprint density at radius 2 is 1.01 bits per heavy atom. The van der Waals surface area contributed by atoms with Gasteiger partial charge in [0.15, 0.2) is 0 Å². The number of halogens is 1. The molecular weight excluding hydrogens is 1170 g/mol. The summed E-state index contributed by atoms with van der Waals surface area (Å²) in [6.45, 7) is 38.7. The van der Waals surface area contributed by atoms with Gasteiger partial charge in [0.05, 0.1) is 30.6 Å². The first-order valence-electron chi connectivity index (χ1n) is 33.4. The van der Waals surface area contributed by atoms with E-state index in [1.807, 2.05) is 19.1 Å². The van der Waals surface area contributed by atoms with Crippen molar-refractivity contribution < 1.29 is 27.2 Å². The van der Waals surface area contributed by atoms with Crippen molar-refractivity contribution in [2.24, 2.45) is 5.92 Å². The summed E-state index contributed by atoms with van der Waals surface area (Å²) in [6.07, 6.45) is 12.9. The molecule has 2 aromatic rings. The van der Waals surface area contributed by atoms with Gasteiger partial charge in [0.1, 0.15) is 11.6 Å². The van der Waals surface area contributed by atoms with Gasteiger partial charge in [-0.3, -0.25) is 24.2 Å². The van der Waals surface area contributed by atoms with E-state index < -0.39 is 10.0 Å². The minimum absolute atomic E-state index is 0. The average Bonchev–Trinajstić information content (AvgIpc) is 4.23. The number of nitrogens with one attached hydrogen (secondary N) is 9. The Kier molecular flexibility index (Phi) is 46.3. The Hall–Kier alpha value is -3.95. The van der Waals surface area contributed by atoms with E-state index in [4.69, 9.17) is 0 Å². The zero-order valence-electron chi connectivity index (χ0n) is 56.0. The second-order valence-corrected chi connectivity index (χ2v) is 27.0. The largest absolute Gasteiger partial charge is 0.369 e. The first-order valence-corrected chi connectivity index (χ1v) is 35.3. The summed E-state index contributed by atoms with van der Waals surface area (Å²) < 4.78 is 36.8.